The Bertz CT molecular complexity index is 1200. The van der Waals surface area contributed by atoms with E-state index in [2.05, 4.69) is 29.7 Å². The molecule has 0 aliphatic rings. The van der Waals surface area contributed by atoms with Crippen LogP contribution < -0.4 is 4.74 Å². The normalized spacial score (nSPS) is 11.8. The molecular formula is C18H18N5O5PS. The predicted molar refractivity (Wildman–Crippen MR) is 111 cm³/mol. The van der Waals surface area contributed by atoms with Crippen molar-refractivity contribution in [3.8, 4) is 27.0 Å². The van der Waals surface area contributed by atoms with Crippen LogP contribution in [0.25, 0.3) is 32.0 Å². The second-order valence-electron chi connectivity index (χ2n) is 6.29. The molecule has 4 rings (SSSR count). The summed E-state index contributed by atoms with van der Waals surface area (Å²) in [5.41, 5.74) is 2.69. The first kappa shape index (κ1) is 20.6. The molecule has 0 amide bonds. The maximum Gasteiger partial charge on any atom is 0.469 e. The highest BCUT2D eigenvalue weighted by atomic mass is 32.1. The number of hydrogen-bond donors (Lipinski definition) is 3. The standard InChI is InChI=1S/C18H18N5O5PS/c1-2-7-27-17-16-13(5-6-19-17)15(22-23-16)14-9-21-18(30-14)11-3-4-12(20-8-11)10-28-29(24,25)26/h3-6,8-9H,2,7,10H2,1H3,(H,22,23)(H2,24,25,26). The number of hydrogen-bond acceptors (Lipinski definition) is 8. The third kappa shape index (κ3) is 4.55. The number of rotatable bonds is 8. The molecule has 30 heavy (non-hydrogen) atoms. The topological polar surface area (TPSA) is 143 Å². The van der Waals surface area contributed by atoms with Gasteiger partial charge in [-0.05, 0) is 24.6 Å². The van der Waals surface area contributed by atoms with Crippen LogP contribution in [0.1, 0.15) is 19.0 Å². The Hall–Kier alpha value is -2.69. The molecule has 0 fully saturated rings. The zero-order chi connectivity index (χ0) is 21.1. The van der Waals surface area contributed by atoms with Gasteiger partial charge in [-0.25, -0.2) is 14.5 Å². The van der Waals surface area contributed by atoms with Crippen molar-refractivity contribution >= 4 is 30.1 Å². The average Bonchev–Trinajstić information content (AvgIpc) is 3.38. The molecule has 0 unspecified atom stereocenters. The van der Waals surface area contributed by atoms with Crippen molar-refractivity contribution in [2.75, 3.05) is 6.61 Å². The van der Waals surface area contributed by atoms with Gasteiger partial charge in [-0.1, -0.05) is 6.92 Å². The maximum atomic E-state index is 10.8. The van der Waals surface area contributed by atoms with Crippen LogP contribution in [0, 0.1) is 0 Å². The minimum Gasteiger partial charge on any atom is -0.476 e. The smallest absolute Gasteiger partial charge is 0.469 e. The number of nitrogens with one attached hydrogen (secondary N) is 1. The number of ether oxygens (including phenoxy) is 1. The van der Waals surface area contributed by atoms with Gasteiger partial charge in [-0.15, -0.1) is 11.3 Å². The van der Waals surface area contributed by atoms with Crippen LogP contribution in [-0.4, -0.2) is 41.5 Å². The maximum absolute atomic E-state index is 10.8. The van der Waals surface area contributed by atoms with Crippen LogP contribution in [0.2, 0.25) is 0 Å². The lowest BCUT2D eigenvalue weighted by Gasteiger charge is -2.04. The molecule has 0 aromatic carbocycles. The lowest BCUT2D eigenvalue weighted by Crippen LogP contribution is -1.97. The van der Waals surface area contributed by atoms with Crippen LogP contribution in [0.4, 0.5) is 0 Å². The molecule has 4 aromatic rings. The fraction of sp³-hybridized carbons (Fsp3) is 0.222. The van der Waals surface area contributed by atoms with Crippen molar-refractivity contribution in [3.05, 3.63) is 42.5 Å². The molecule has 0 saturated heterocycles. The fourth-order valence-corrected chi connectivity index (χ4v) is 3.93. The summed E-state index contributed by atoms with van der Waals surface area (Å²) >= 11 is 1.47. The van der Waals surface area contributed by atoms with Gasteiger partial charge in [-0.3, -0.25) is 14.6 Å². The summed E-state index contributed by atoms with van der Waals surface area (Å²) in [5, 5.41) is 9.05. The van der Waals surface area contributed by atoms with Gasteiger partial charge >= 0.3 is 7.82 Å². The molecule has 0 bridgehead atoms. The summed E-state index contributed by atoms with van der Waals surface area (Å²) in [6, 6.07) is 5.30. The van der Waals surface area contributed by atoms with Crippen molar-refractivity contribution in [2.45, 2.75) is 20.0 Å². The Kier molecular flexibility index (Phi) is 5.89. The average molecular weight is 447 g/mol. The summed E-state index contributed by atoms with van der Waals surface area (Å²) in [6.45, 7) is 2.33. The predicted octanol–water partition coefficient (Wildman–Crippen LogP) is 3.54. The first-order chi connectivity index (χ1) is 14.4. The Morgan fingerprint density at radius 2 is 2.03 bits per heavy atom. The van der Waals surface area contributed by atoms with E-state index in [0.29, 0.717) is 23.7 Å². The molecule has 0 radical (unpaired) electrons. The molecule has 3 N–H and O–H groups in total. The largest absolute Gasteiger partial charge is 0.476 e. The summed E-state index contributed by atoms with van der Waals surface area (Å²) < 4.78 is 20.9. The highest BCUT2D eigenvalue weighted by molar-refractivity contribution is 7.46. The van der Waals surface area contributed by atoms with Crippen LogP contribution in [0.5, 0.6) is 5.88 Å². The zero-order valence-electron chi connectivity index (χ0n) is 15.8. The first-order valence-corrected chi connectivity index (χ1v) is 11.4. The molecule has 156 valence electrons. The van der Waals surface area contributed by atoms with Gasteiger partial charge in [-0.2, -0.15) is 5.10 Å². The number of fused-ring (bicyclic) bond motifs is 1. The van der Waals surface area contributed by atoms with Crippen molar-refractivity contribution in [2.24, 2.45) is 0 Å². The molecule has 10 nitrogen and oxygen atoms in total. The van der Waals surface area contributed by atoms with Gasteiger partial charge in [0.25, 0.3) is 0 Å². The van der Waals surface area contributed by atoms with E-state index >= 15 is 0 Å². The number of phosphoric acid groups is 1. The molecule has 0 aliphatic carbocycles. The van der Waals surface area contributed by atoms with E-state index in [1.54, 1.807) is 30.7 Å². The SMILES string of the molecule is CCCOc1nccc2c(-c3cnc(-c4ccc(COP(=O)(O)O)nc4)s3)[nH]nc12. The summed E-state index contributed by atoms with van der Waals surface area (Å²) in [7, 11) is -4.53. The van der Waals surface area contributed by atoms with E-state index in [1.807, 2.05) is 13.0 Å². The molecule has 0 aliphatic heterocycles. The minimum absolute atomic E-state index is 0.274. The van der Waals surface area contributed by atoms with Crippen LogP contribution in [-0.2, 0) is 15.7 Å². The van der Waals surface area contributed by atoms with Gasteiger partial charge in [0.15, 0.2) is 5.52 Å². The second kappa shape index (κ2) is 8.58. The van der Waals surface area contributed by atoms with Gasteiger partial charge in [0, 0.05) is 29.5 Å². The molecule has 0 atom stereocenters. The van der Waals surface area contributed by atoms with Gasteiger partial charge < -0.3 is 14.5 Å². The third-order valence-electron chi connectivity index (χ3n) is 4.09. The van der Waals surface area contributed by atoms with Crippen LogP contribution >= 0.6 is 19.2 Å². The quantitative estimate of drug-likeness (QED) is 0.345. The Balaban J connectivity index is 1.57. The second-order valence-corrected chi connectivity index (χ2v) is 8.56. The number of aromatic amines is 1. The lowest BCUT2D eigenvalue weighted by molar-refractivity contribution is 0.187. The number of thiazole rings is 1. The fourth-order valence-electron chi connectivity index (χ4n) is 2.72. The summed E-state index contributed by atoms with van der Waals surface area (Å²) in [5.74, 6) is 0.499. The lowest BCUT2D eigenvalue weighted by atomic mass is 10.2. The molecule has 4 heterocycles. The number of H-pyrrole nitrogens is 1. The van der Waals surface area contributed by atoms with E-state index in [0.717, 1.165) is 32.9 Å². The molecule has 4 aromatic heterocycles. The van der Waals surface area contributed by atoms with E-state index < -0.39 is 7.82 Å². The third-order valence-corrected chi connectivity index (χ3v) is 5.62. The Morgan fingerprint density at radius 1 is 1.17 bits per heavy atom. The summed E-state index contributed by atoms with van der Waals surface area (Å²) in [4.78, 5) is 31.3. The van der Waals surface area contributed by atoms with E-state index in [9.17, 15) is 4.57 Å². The Morgan fingerprint density at radius 3 is 2.77 bits per heavy atom. The van der Waals surface area contributed by atoms with Gasteiger partial charge in [0.1, 0.15) is 11.6 Å². The molecule has 12 heteroatoms. The molecule has 0 spiro atoms. The number of phosphoric ester groups is 1. The van der Waals surface area contributed by atoms with Crippen molar-refractivity contribution in [1.82, 2.24) is 25.1 Å². The van der Waals surface area contributed by atoms with E-state index in [4.69, 9.17) is 14.5 Å². The van der Waals surface area contributed by atoms with Crippen molar-refractivity contribution in [3.63, 3.8) is 0 Å². The minimum atomic E-state index is -4.53. The van der Waals surface area contributed by atoms with Crippen LogP contribution in [0.15, 0.2) is 36.8 Å². The van der Waals surface area contributed by atoms with E-state index in [-0.39, 0.29) is 6.61 Å². The molecule has 0 saturated carbocycles. The van der Waals surface area contributed by atoms with Crippen LogP contribution in [0.3, 0.4) is 0 Å². The number of nitrogens with zero attached hydrogens (tertiary/aromatic N) is 4. The number of pyridine rings is 2. The van der Waals surface area contributed by atoms with Crippen molar-refractivity contribution < 1.29 is 23.6 Å². The van der Waals surface area contributed by atoms with E-state index in [1.165, 1.54) is 11.3 Å². The monoisotopic (exact) mass is 447 g/mol. The highest BCUT2D eigenvalue weighted by Gasteiger charge is 2.17. The molecular weight excluding hydrogens is 429 g/mol. The first-order valence-electron chi connectivity index (χ1n) is 9.02. The Labute approximate surface area is 175 Å². The van der Waals surface area contributed by atoms with Crippen molar-refractivity contribution in [1.29, 1.82) is 0 Å². The zero-order valence-corrected chi connectivity index (χ0v) is 17.6. The van der Waals surface area contributed by atoms with Gasteiger partial charge in [0.2, 0.25) is 5.88 Å². The number of aromatic nitrogens is 5. The summed E-state index contributed by atoms with van der Waals surface area (Å²) in [6.07, 6.45) is 5.92. The van der Waals surface area contributed by atoms with Gasteiger partial charge in [0.05, 0.1) is 22.9 Å². The highest BCUT2D eigenvalue weighted by Crippen LogP contribution is 2.38.